The Morgan fingerprint density at radius 2 is 1.50 bits per heavy atom. The Kier molecular flexibility index (Phi) is 10.2. The molecule has 0 aliphatic rings. The second kappa shape index (κ2) is 13.1. The van der Waals surface area contributed by atoms with Crippen molar-refractivity contribution in [2.24, 2.45) is 0 Å². The fourth-order valence-electron chi connectivity index (χ4n) is 3.73. The van der Waals surface area contributed by atoms with E-state index in [0.717, 1.165) is 10.7 Å². The van der Waals surface area contributed by atoms with Crippen molar-refractivity contribution in [2.45, 2.75) is 50.7 Å². The molecule has 0 heterocycles. The zero-order chi connectivity index (χ0) is 27.9. The minimum Gasteiger partial charge on any atom is -0.352 e. The van der Waals surface area contributed by atoms with Gasteiger partial charge in [-0.1, -0.05) is 72.6 Å². The summed E-state index contributed by atoms with van der Waals surface area (Å²) in [6, 6.07) is 20.3. The van der Waals surface area contributed by atoms with E-state index in [2.05, 4.69) is 5.32 Å². The number of amides is 2. The van der Waals surface area contributed by atoms with E-state index in [1.54, 1.807) is 73.7 Å². The van der Waals surface area contributed by atoms with E-state index in [-0.39, 0.29) is 23.4 Å². The molecule has 0 saturated heterocycles. The Morgan fingerprint density at radius 3 is 2.08 bits per heavy atom. The van der Waals surface area contributed by atoms with E-state index >= 15 is 0 Å². The molecule has 38 heavy (non-hydrogen) atoms. The van der Waals surface area contributed by atoms with E-state index in [9.17, 15) is 18.0 Å². The Labute approximate surface area is 234 Å². The summed E-state index contributed by atoms with van der Waals surface area (Å²) in [5.74, 6) is -0.892. The summed E-state index contributed by atoms with van der Waals surface area (Å²) in [6.45, 7) is 4.95. The summed E-state index contributed by atoms with van der Waals surface area (Å²) >= 11 is 12.3. The monoisotopic (exact) mass is 575 g/mol. The number of carbonyl (C=O) groups is 2. The molecular formula is C28H31Cl2N3O4S. The smallest absolute Gasteiger partial charge is 0.264 e. The quantitative estimate of drug-likeness (QED) is 0.326. The van der Waals surface area contributed by atoms with Gasteiger partial charge in [0.2, 0.25) is 11.8 Å². The summed E-state index contributed by atoms with van der Waals surface area (Å²) in [4.78, 5) is 28.3. The maximum absolute atomic E-state index is 13.8. The molecule has 0 aliphatic carbocycles. The predicted octanol–water partition coefficient (Wildman–Crippen LogP) is 5.52. The number of sulfonamides is 1. The van der Waals surface area contributed by atoms with Gasteiger partial charge in [-0.05, 0) is 62.2 Å². The highest BCUT2D eigenvalue weighted by atomic mass is 35.5. The Hall–Kier alpha value is -3.07. The summed E-state index contributed by atoms with van der Waals surface area (Å²) in [7, 11) is -4.09. The van der Waals surface area contributed by atoms with Crippen molar-refractivity contribution in [1.29, 1.82) is 0 Å². The van der Waals surface area contributed by atoms with E-state index in [1.165, 1.54) is 17.0 Å². The van der Waals surface area contributed by atoms with Crippen LogP contribution in [0.15, 0.2) is 83.8 Å². The van der Waals surface area contributed by atoms with Crippen molar-refractivity contribution in [2.75, 3.05) is 10.8 Å². The first kappa shape index (κ1) is 29.5. The van der Waals surface area contributed by atoms with Gasteiger partial charge >= 0.3 is 0 Å². The van der Waals surface area contributed by atoms with E-state index in [4.69, 9.17) is 23.2 Å². The normalized spacial score (nSPS) is 12.9. The third-order valence-corrected chi connectivity index (χ3v) is 8.69. The van der Waals surface area contributed by atoms with Crippen LogP contribution in [0.2, 0.25) is 10.0 Å². The van der Waals surface area contributed by atoms with Crippen LogP contribution in [-0.2, 0) is 26.2 Å². The van der Waals surface area contributed by atoms with Crippen molar-refractivity contribution in [3.8, 4) is 0 Å². The van der Waals surface area contributed by atoms with Gasteiger partial charge in [0.25, 0.3) is 10.0 Å². The van der Waals surface area contributed by atoms with Gasteiger partial charge in [0.05, 0.1) is 20.6 Å². The second-order valence-electron chi connectivity index (χ2n) is 8.92. The largest absolute Gasteiger partial charge is 0.352 e. The molecule has 0 radical (unpaired) electrons. The molecule has 3 aromatic rings. The third kappa shape index (κ3) is 7.28. The predicted molar refractivity (Wildman–Crippen MR) is 152 cm³/mol. The van der Waals surface area contributed by atoms with Gasteiger partial charge in [-0.25, -0.2) is 8.42 Å². The van der Waals surface area contributed by atoms with Crippen LogP contribution in [0.25, 0.3) is 0 Å². The van der Waals surface area contributed by atoms with Crippen LogP contribution in [0.5, 0.6) is 0 Å². The fourth-order valence-corrected chi connectivity index (χ4v) is 5.48. The van der Waals surface area contributed by atoms with Gasteiger partial charge in [-0.3, -0.25) is 13.9 Å². The lowest BCUT2D eigenvalue weighted by Gasteiger charge is -2.32. The molecule has 0 bridgehead atoms. The van der Waals surface area contributed by atoms with Crippen molar-refractivity contribution >= 4 is 50.7 Å². The Bertz CT molecular complexity index is 1360. The van der Waals surface area contributed by atoms with Crippen molar-refractivity contribution < 1.29 is 18.0 Å². The lowest BCUT2D eigenvalue weighted by molar-refractivity contribution is -0.139. The molecule has 0 aromatic heterocycles. The average molecular weight is 577 g/mol. The van der Waals surface area contributed by atoms with Crippen LogP contribution in [0.4, 0.5) is 5.69 Å². The topological polar surface area (TPSA) is 86.8 Å². The minimum absolute atomic E-state index is 0.0266. The highest BCUT2D eigenvalue weighted by Crippen LogP contribution is 2.26. The molecule has 2 amide bonds. The number of hydrogen-bond acceptors (Lipinski definition) is 4. The van der Waals surface area contributed by atoms with Gasteiger partial charge < -0.3 is 10.2 Å². The van der Waals surface area contributed by atoms with Crippen LogP contribution in [0, 0.1) is 0 Å². The molecule has 0 fully saturated rings. The summed E-state index contributed by atoms with van der Waals surface area (Å²) in [5, 5.41) is 3.57. The molecule has 202 valence electrons. The van der Waals surface area contributed by atoms with E-state index < -0.39 is 28.5 Å². The van der Waals surface area contributed by atoms with Crippen LogP contribution in [0.3, 0.4) is 0 Å². The highest BCUT2D eigenvalue weighted by Gasteiger charge is 2.32. The summed E-state index contributed by atoms with van der Waals surface area (Å²) < 4.78 is 28.4. The zero-order valence-electron chi connectivity index (χ0n) is 21.5. The summed E-state index contributed by atoms with van der Waals surface area (Å²) in [6.07, 6.45) is 0.719. The standard InChI is InChI=1S/C28H31Cl2N3O4S/c1-4-20(2)31-28(35)21(3)32(18-22-15-16-25(29)26(30)17-22)27(34)19-33(23-11-7-5-8-12-23)38(36,37)24-13-9-6-10-14-24/h5-17,20-21H,4,18-19H2,1-3H3,(H,31,35)/t20-,21+/m0/s1. The number of rotatable bonds is 11. The van der Waals surface area contributed by atoms with Gasteiger partial charge in [0.1, 0.15) is 12.6 Å². The first-order valence-electron chi connectivity index (χ1n) is 12.2. The van der Waals surface area contributed by atoms with Gasteiger partial charge in [-0.2, -0.15) is 0 Å². The molecule has 7 nitrogen and oxygen atoms in total. The SMILES string of the molecule is CC[C@H](C)NC(=O)[C@@H](C)N(Cc1ccc(Cl)c(Cl)c1)C(=O)CN(c1ccccc1)S(=O)(=O)c1ccccc1. The second-order valence-corrected chi connectivity index (χ2v) is 11.6. The maximum Gasteiger partial charge on any atom is 0.264 e. The molecule has 2 atom stereocenters. The van der Waals surface area contributed by atoms with Gasteiger partial charge in [0, 0.05) is 12.6 Å². The van der Waals surface area contributed by atoms with Crippen LogP contribution in [0.1, 0.15) is 32.8 Å². The molecule has 0 aliphatic heterocycles. The lowest BCUT2D eigenvalue weighted by atomic mass is 10.1. The Morgan fingerprint density at radius 1 is 0.895 bits per heavy atom. The molecular weight excluding hydrogens is 545 g/mol. The molecule has 3 rings (SSSR count). The van der Waals surface area contributed by atoms with Crippen molar-refractivity contribution in [3.63, 3.8) is 0 Å². The first-order chi connectivity index (χ1) is 18.0. The Balaban J connectivity index is 2.00. The first-order valence-corrected chi connectivity index (χ1v) is 14.4. The molecule has 3 aromatic carbocycles. The number of para-hydroxylation sites is 1. The van der Waals surface area contributed by atoms with E-state index in [1.807, 2.05) is 13.8 Å². The number of hydrogen-bond donors (Lipinski definition) is 1. The molecule has 0 unspecified atom stereocenters. The number of nitrogens with one attached hydrogen (secondary N) is 1. The van der Waals surface area contributed by atoms with Crippen molar-refractivity contribution in [3.05, 3.63) is 94.5 Å². The van der Waals surface area contributed by atoms with Crippen LogP contribution >= 0.6 is 23.2 Å². The van der Waals surface area contributed by atoms with Crippen molar-refractivity contribution in [1.82, 2.24) is 10.2 Å². The molecule has 0 saturated carbocycles. The van der Waals surface area contributed by atoms with Gasteiger partial charge in [-0.15, -0.1) is 0 Å². The summed E-state index contributed by atoms with van der Waals surface area (Å²) in [5.41, 5.74) is 0.976. The number of halogens is 2. The minimum atomic E-state index is -4.09. The maximum atomic E-state index is 13.8. The van der Waals surface area contributed by atoms with Crippen LogP contribution < -0.4 is 9.62 Å². The fraction of sp³-hybridized carbons (Fsp3) is 0.286. The number of nitrogens with zero attached hydrogens (tertiary/aromatic N) is 2. The molecule has 0 spiro atoms. The third-order valence-electron chi connectivity index (χ3n) is 6.16. The number of benzene rings is 3. The van der Waals surface area contributed by atoms with E-state index in [0.29, 0.717) is 21.3 Å². The average Bonchev–Trinajstić information content (AvgIpc) is 2.92. The zero-order valence-corrected chi connectivity index (χ0v) is 23.8. The van der Waals surface area contributed by atoms with Crippen LogP contribution in [-0.4, -0.2) is 43.8 Å². The molecule has 1 N–H and O–H groups in total. The number of anilines is 1. The molecule has 10 heteroatoms. The lowest BCUT2D eigenvalue weighted by Crippen LogP contribution is -2.52. The highest BCUT2D eigenvalue weighted by molar-refractivity contribution is 7.92. The van der Waals surface area contributed by atoms with Gasteiger partial charge in [0.15, 0.2) is 0 Å². The number of carbonyl (C=O) groups excluding carboxylic acids is 2.